The van der Waals surface area contributed by atoms with Gasteiger partial charge in [0.2, 0.25) is 5.13 Å². The molecule has 0 spiro atoms. The van der Waals surface area contributed by atoms with Crippen molar-refractivity contribution in [2.75, 3.05) is 5.32 Å². The Kier molecular flexibility index (Phi) is 4.74. The van der Waals surface area contributed by atoms with Crippen molar-refractivity contribution in [1.29, 1.82) is 0 Å². The normalized spacial score (nSPS) is 18.6. The molecule has 2 aromatic rings. The van der Waals surface area contributed by atoms with Crippen molar-refractivity contribution in [1.82, 2.24) is 10.2 Å². The molecule has 0 bridgehead atoms. The van der Waals surface area contributed by atoms with Gasteiger partial charge in [-0.15, -0.1) is 10.2 Å². The lowest BCUT2D eigenvalue weighted by atomic mass is 9.78. The molecule has 3 nitrogen and oxygen atoms in total. The fraction of sp³-hybridized carbons (Fsp3) is 0.444. The number of allylic oxidation sites excluding steroid dienone is 2. The number of aromatic nitrogens is 2. The number of halogens is 1. The fourth-order valence-corrected chi connectivity index (χ4v) is 4.02. The second-order valence-corrected chi connectivity index (χ2v) is 8.20. The molecule has 3 rings (SSSR count). The van der Waals surface area contributed by atoms with Crippen LogP contribution in [0.1, 0.15) is 40.0 Å². The standard InChI is InChI=1S/C18H22ClN3S/c1-12-4-8-14(9-5-12)18(2,3)20-17-22-21-16(23-17)13-6-10-15(19)11-7-13/h4,6-7,10-11,14H,5,8-9H2,1-3H3,(H,20,22)/t14-/m0/s1. The van der Waals surface area contributed by atoms with Crippen LogP contribution in [-0.2, 0) is 0 Å². The lowest BCUT2D eigenvalue weighted by molar-refractivity contribution is 0.319. The Morgan fingerprint density at radius 3 is 2.61 bits per heavy atom. The van der Waals surface area contributed by atoms with E-state index in [1.165, 1.54) is 18.4 Å². The summed E-state index contributed by atoms with van der Waals surface area (Å²) < 4.78 is 0. The Hall–Kier alpha value is -1.39. The zero-order chi connectivity index (χ0) is 16.4. The van der Waals surface area contributed by atoms with E-state index >= 15 is 0 Å². The minimum absolute atomic E-state index is 0.00794. The quantitative estimate of drug-likeness (QED) is 0.710. The fourth-order valence-electron chi connectivity index (χ4n) is 2.98. The molecular formula is C18H22ClN3S. The van der Waals surface area contributed by atoms with E-state index in [2.05, 4.69) is 42.4 Å². The maximum Gasteiger partial charge on any atom is 0.206 e. The van der Waals surface area contributed by atoms with Gasteiger partial charge in [0.15, 0.2) is 0 Å². The number of anilines is 1. The summed E-state index contributed by atoms with van der Waals surface area (Å²) in [7, 11) is 0. The smallest absolute Gasteiger partial charge is 0.206 e. The van der Waals surface area contributed by atoms with E-state index in [0.29, 0.717) is 5.92 Å². The molecule has 122 valence electrons. The van der Waals surface area contributed by atoms with Crippen molar-refractivity contribution in [3.05, 3.63) is 40.9 Å². The predicted molar refractivity (Wildman–Crippen MR) is 99.2 cm³/mol. The Bertz CT molecular complexity index is 703. The van der Waals surface area contributed by atoms with Gasteiger partial charge < -0.3 is 5.32 Å². The molecule has 1 heterocycles. The summed E-state index contributed by atoms with van der Waals surface area (Å²) in [6.07, 6.45) is 5.93. The van der Waals surface area contributed by atoms with Crippen LogP contribution in [0.5, 0.6) is 0 Å². The SMILES string of the molecule is CC1=CC[C@H](C(C)(C)Nc2nnc(-c3ccc(Cl)cc3)s2)CC1. The second-order valence-electron chi connectivity index (χ2n) is 6.79. The summed E-state index contributed by atoms with van der Waals surface area (Å²) in [4.78, 5) is 0. The highest BCUT2D eigenvalue weighted by Crippen LogP contribution is 2.35. The first-order chi connectivity index (χ1) is 10.9. The van der Waals surface area contributed by atoms with Gasteiger partial charge in [0.25, 0.3) is 0 Å². The molecule has 1 aliphatic carbocycles. The summed E-state index contributed by atoms with van der Waals surface area (Å²) in [5.41, 5.74) is 2.57. The number of rotatable bonds is 4. The largest absolute Gasteiger partial charge is 0.355 e. The first-order valence-corrected chi connectivity index (χ1v) is 9.17. The monoisotopic (exact) mass is 347 g/mol. The maximum atomic E-state index is 5.94. The lowest BCUT2D eigenvalue weighted by Crippen LogP contribution is -2.40. The number of hydrogen-bond donors (Lipinski definition) is 1. The van der Waals surface area contributed by atoms with E-state index in [4.69, 9.17) is 11.6 Å². The van der Waals surface area contributed by atoms with Gasteiger partial charge in [-0.05, 0) is 58.1 Å². The molecule has 1 aromatic heterocycles. The number of nitrogens with one attached hydrogen (secondary N) is 1. The maximum absolute atomic E-state index is 5.94. The summed E-state index contributed by atoms with van der Waals surface area (Å²) in [6.45, 7) is 6.74. The molecule has 0 radical (unpaired) electrons. The van der Waals surface area contributed by atoms with Crippen LogP contribution >= 0.6 is 22.9 Å². The van der Waals surface area contributed by atoms with E-state index in [-0.39, 0.29) is 5.54 Å². The molecule has 0 saturated heterocycles. The third kappa shape index (κ3) is 3.93. The molecule has 0 aliphatic heterocycles. The van der Waals surface area contributed by atoms with E-state index in [1.807, 2.05) is 24.3 Å². The zero-order valence-electron chi connectivity index (χ0n) is 13.8. The molecule has 0 saturated carbocycles. The van der Waals surface area contributed by atoms with Gasteiger partial charge in [0.1, 0.15) is 5.01 Å². The van der Waals surface area contributed by atoms with Crippen LogP contribution in [0.15, 0.2) is 35.9 Å². The Morgan fingerprint density at radius 2 is 1.96 bits per heavy atom. The molecule has 1 aromatic carbocycles. The van der Waals surface area contributed by atoms with Crippen LogP contribution in [-0.4, -0.2) is 15.7 Å². The third-order valence-electron chi connectivity index (χ3n) is 4.60. The number of hydrogen-bond acceptors (Lipinski definition) is 4. The molecule has 0 amide bonds. The third-order valence-corrected chi connectivity index (χ3v) is 5.74. The van der Waals surface area contributed by atoms with Gasteiger partial charge in [-0.1, -0.05) is 46.7 Å². The first kappa shape index (κ1) is 16.5. The van der Waals surface area contributed by atoms with Crippen LogP contribution in [0.25, 0.3) is 10.6 Å². The van der Waals surface area contributed by atoms with Crippen molar-refractivity contribution in [2.24, 2.45) is 5.92 Å². The van der Waals surface area contributed by atoms with Crippen molar-refractivity contribution in [3.63, 3.8) is 0 Å². The van der Waals surface area contributed by atoms with Crippen LogP contribution < -0.4 is 5.32 Å². The highest BCUT2D eigenvalue weighted by molar-refractivity contribution is 7.18. The average Bonchev–Trinajstić information content (AvgIpc) is 2.96. The average molecular weight is 348 g/mol. The van der Waals surface area contributed by atoms with Crippen molar-refractivity contribution in [2.45, 2.75) is 45.6 Å². The molecule has 5 heteroatoms. The topological polar surface area (TPSA) is 37.8 Å². The van der Waals surface area contributed by atoms with Gasteiger partial charge in [-0.3, -0.25) is 0 Å². The van der Waals surface area contributed by atoms with Gasteiger partial charge in [-0.25, -0.2) is 0 Å². The van der Waals surface area contributed by atoms with Crippen molar-refractivity contribution < 1.29 is 0 Å². The summed E-state index contributed by atoms with van der Waals surface area (Å²) in [5, 5.41) is 14.8. The van der Waals surface area contributed by atoms with Gasteiger partial charge in [0.05, 0.1) is 0 Å². The van der Waals surface area contributed by atoms with Crippen LogP contribution in [0, 0.1) is 5.92 Å². The predicted octanol–water partition coefficient (Wildman–Crippen LogP) is 5.80. The van der Waals surface area contributed by atoms with E-state index in [0.717, 1.165) is 27.1 Å². The molecule has 1 aliphatic rings. The van der Waals surface area contributed by atoms with E-state index in [1.54, 1.807) is 11.3 Å². The first-order valence-electron chi connectivity index (χ1n) is 7.97. The molecule has 1 N–H and O–H groups in total. The summed E-state index contributed by atoms with van der Waals surface area (Å²) in [5.74, 6) is 0.620. The van der Waals surface area contributed by atoms with Gasteiger partial charge >= 0.3 is 0 Å². The van der Waals surface area contributed by atoms with E-state index < -0.39 is 0 Å². The number of benzene rings is 1. The van der Waals surface area contributed by atoms with Gasteiger partial charge in [-0.2, -0.15) is 0 Å². The Balaban J connectivity index is 1.72. The minimum atomic E-state index is 0.00794. The van der Waals surface area contributed by atoms with Crippen molar-refractivity contribution in [3.8, 4) is 10.6 Å². The summed E-state index contributed by atoms with van der Waals surface area (Å²) in [6, 6.07) is 7.72. The molecule has 0 fully saturated rings. The van der Waals surface area contributed by atoms with Crippen molar-refractivity contribution >= 4 is 28.1 Å². The minimum Gasteiger partial charge on any atom is -0.355 e. The molecule has 1 atom stereocenters. The van der Waals surface area contributed by atoms with E-state index in [9.17, 15) is 0 Å². The Morgan fingerprint density at radius 1 is 1.22 bits per heavy atom. The lowest BCUT2D eigenvalue weighted by Gasteiger charge is -2.36. The zero-order valence-corrected chi connectivity index (χ0v) is 15.3. The van der Waals surface area contributed by atoms with Crippen LogP contribution in [0.4, 0.5) is 5.13 Å². The van der Waals surface area contributed by atoms with Gasteiger partial charge in [0, 0.05) is 16.1 Å². The highest BCUT2D eigenvalue weighted by Gasteiger charge is 2.31. The summed E-state index contributed by atoms with van der Waals surface area (Å²) >= 11 is 7.53. The van der Waals surface area contributed by atoms with Crippen LogP contribution in [0.3, 0.4) is 0 Å². The molecule has 0 unspecified atom stereocenters. The Labute approximate surface area is 146 Å². The second kappa shape index (κ2) is 6.62. The highest BCUT2D eigenvalue weighted by atomic mass is 35.5. The van der Waals surface area contributed by atoms with Crippen LogP contribution in [0.2, 0.25) is 5.02 Å². The molecular weight excluding hydrogens is 326 g/mol. The number of nitrogens with zero attached hydrogens (tertiary/aromatic N) is 2. The molecule has 23 heavy (non-hydrogen) atoms.